The van der Waals surface area contributed by atoms with Gasteiger partial charge in [-0.05, 0) is 42.7 Å². The maximum absolute atomic E-state index is 12.3. The van der Waals surface area contributed by atoms with Crippen LogP contribution in [0.3, 0.4) is 0 Å². The average molecular weight is 441 g/mol. The van der Waals surface area contributed by atoms with Gasteiger partial charge in [-0.15, -0.1) is 0 Å². The fourth-order valence-corrected chi connectivity index (χ4v) is 4.87. The SMILES string of the molecule is COc1cc(C(=O)O)ccc1C(C)c1c(Cl)[nH]c2ccc(CC3CCN(C)C3=O)cc12. The molecule has 7 heteroatoms. The molecule has 2 unspecified atom stereocenters. The van der Waals surface area contributed by atoms with Gasteiger partial charge in [-0.2, -0.15) is 0 Å². The number of carbonyl (C=O) groups is 2. The Morgan fingerprint density at radius 3 is 2.74 bits per heavy atom. The van der Waals surface area contributed by atoms with Crippen LogP contribution in [0.4, 0.5) is 0 Å². The number of nitrogens with one attached hydrogen (secondary N) is 1. The molecule has 0 spiro atoms. The summed E-state index contributed by atoms with van der Waals surface area (Å²) < 4.78 is 5.48. The van der Waals surface area contributed by atoms with Gasteiger partial charge < -0.3 is 19.7 Å². The number of aromatic amines is 1. The lowest BCUT2D eigenvalue weighted by Gasteiger charge is -2.17. The van der Waals surface area contributed by atoms with Crippen molar-refractivity contribution in [3.8, 4) is 5.75 Å². The summed E-state index contributed by atoms with van der Waals surface area (Å²) in [5.74, 6) is -0.410. The number of halogens is 1. The highest BCUT2D eigenvalue weighted by Gasteiger charge is 2.29. The maximum atomic E-state index is 12.3. The number of methoxy groups -OCH3 is 1. The molecular formula is C24H25ClN2O4. The molecule has 1 amide bonds. The first-order valence-corrected chi connectivity index (χ1v) is 10.6. The third-order valence-corrected chi connectivity index (χ3v) is 6.55. The van der Waals surface area contributed by atoms with Gasteiger partial charge in [-0.1, -0.05) is 30.7 Å². The molecular weight excluding hydrogens is 416 g/mol. The third kappa shape index (κ3) is 3.88. The highest BCUT2D eigenvalue weighted by atomic mass is 35.5. The number of amides is 1. The van der Waals surface area contributed by atoms with Crippen LogP contribution >= 0.6 is 11.6 Å². The van der Waals surface area contributed by atoms with Crippen LogP contribution in [0.25, 0.3) is 10.9 Å². The number of fused-ring (bicyclic) bond motifs is 1. The highest BCUT2D eigenvalue weighted by Crippen LogP contribution is 2.40. The number of aromatic carboxylic acids is 1. The lowest BCUT2D eigenvalue weighted by molar-refractivity contribution is -0.129. The standard InChI is InChI=1S/C24H25ClN2O4/c1-13(17-6-5-16(24(29)30)12-20(17)31-3)21-18-11-14(4-7-19(18)26-22(21)25)10-15-8-9-27(2)23(15)28/h4-7,11-13,15,26H,8-10H2,1-3H3,(H,29,30). The van der Waals surface area contributed by atoms with Crippen molar-refractivity contribution in [3.63, 3.8) is 0 Å². The first-order valence-electron chi connectivity index (χ1n) is 10.3. The van der Waals surface area contributed by atoms with E-state index in [-0.39, 0.29) is 23.3 Å². The van der Waals surface area contributed by atoms with Crippen LogP contribution in [-0.2, 0) is 11.2 Å². The summed E-state index contributed by atoms with van der Waals surface area (Å²) in [4.78, 5) is 28.7. The zero-order chi connectivity index (χ0) is 22.3. The molecule has 2 aromatic carbocycles. The molecule has 3 aromatic rings. The summed E-state index contributed by atoms with van der Waals surface area (Å²) in [6, 6.07) is 11.0. The van der Waals surface area contributed by atoms with Crippen LogP contribution < -0.4 is 4.74 Å². The van der Waals surface area contributed by atoms with Crippen LogP contribution in [0.15, 0.2) is 36.4 Å². The molecule has 0 radical (unpaired) electrons. The number of H-pyrrole nitrogens is 1. The van der Waals surface area contributed by atoms with Gasteiger partial charge in [0.2, 0.25) is 5.91 Å². The number of likely N-dealkylation sites (tertiary alicyclic amines) is 1. The quantitative estimate of drug-likeness (QED) is 0.582. The van der Waals surface area contributed by atoms with Crippen molar-refractivity contribution in [2.24, 2.45) is 5.92 Å². The molecule has 1 saturated heterocycles. The topological polar surface area (TPSA) is 82.6 Å². The van der Waals surface area contributed by atoms with Gasteiger partial charge in [-0.25, -0.2) is 4.79 Å². The smallest absolute Gasteiger partial charge is 0.335 e. The minimum Gasteiger partial charge on any atom is -0.496 e. The first-order chi connectivity index (χ1) is 14.8. The molecule has 0 aliphatic carbocycles. The van der Waals surface area contributed by atoms with Crippen LogP contribution in [-0.4, -0.2) is 47.6 Å². The number of aromatic nitrogens is 1. The average Bonchev–Trinajstić information content (AvgIpc) is 3.25. The molecule has 1 aromatic heterocycles. The Morgan fingerprint density at radius 1 is 1.32 bits per heavy atom. The van der Waals surface area contributed by atoms with Crippen molar-refractivity contribution >= 4 is 34.4 Å². The molecule has 2 atom stereocenters. The van der Waals surface area contributed by atoms with E-state index < -0.39 is 5.97 Å². The summed E-state index contributed by atoms with van der Waals surface area (Å²) in [5.41, 5.74) is 3.97. The summed E-state index contributed by atoms with van der Waals surface area (Å²) in [6.07, 6.45) is 1.57. The summed E-state index contributed by atoms with van der Waals surface area (Å²) in [5, 5.41) is 10.8. The third-order valence-electron chi connectivity index (χ3n) is 6.26. The van der Waals surface area contributed by atoms with E-state index in [1.165, 1.54) is 13.2 Å². The van der Waals surface area contributed by atoms with E-state index in [1.807, 2.05) is 26.1 Å². The van der Waals surface area contributed by atoms with E-state index in [2.05, 4.69) is 11.1 Å². The predicted octanol–water partition coefficient (Wildman–Crippen LogP) is 4.70. The van der Waals surface area contributed by atoms with E-state index >= 15 is 0 Å². The Hall–Kier alpha value is -2.99. The minimum absolute atomic E-state index is 0.0152. The zero-order valence-electron chi connectivity index (χ0n) is 17.7. The van der Waals surface area contributed by atoms with Gasteiger partial charge in [-0.3, -0.25) is 4.79 Å². The Balaban J connectivity index is 1.72. The van der Waals surface area contributed by atoms with Crippen LogP contribution in [0.1, 0.15) is 46.3 Å². The second kappa shape index (κ2) is 8.27. The van der Waals surface area contributed by atoms with E-state index in [1.54, 1.807) is 17.0 Å². The van der Waals surface area contributed by atoms with Crippen molar-refractivity contribution in [1.82, 2.24) is 9.88 Å². The van der Waals surface area contributed by atoms with Crippen molar-refractivity contribution in [2.75, 3.05) is 20.7 Å². The number of ether oxygens (including phenoxy) is 1. The summed E-state index contributed by atoms with van der Waals surface area (Å²) in [7, 11) is 3.38. The van der Waals surface area contributed by atoms with Gasteiger partial charge in [0.25, 0.3) is 0 Å². The van der Waals surface area contributed by atoms with Gasteiger partial charge in [0.1, 0.15) is 10.9 Å². The van der Waals surface area contributed by atoms with E-state index in [4.69, 9.17) is 16.3 Å². The minimum atomic E-state index is -1.00. The molecule has 2 N–H and O–H groups in total. The van der Waals surface area contributed by atoms with E-state index in [0.29, 0.717) is 17.3 Å². The molecule has 2 heterocycles. The van der Waals surface area contributed by atoms with E-state index in [0.717, 1.165) is 40.6 Å². The van der Waals surface area contributed by atoms with Crippen molar-refractivity contribution in [1.29, 1.82) is 0 Å². The fourth-order valence-electron chi connectivity index (χ4n) is 4.50. The molecule has 4 rings (SSSR count). The number of rotatable bonds is 6. The number of benzene rings is 2. The van der Waals surface area contributed by atoms with Crippen LogP contribution in [0.2, 0.25) is 5.15 Å². The lowest BCUT2D eigenvalue weighted by Crippen LogP contribution is -2.23. The zero-order valence-corrected chi connectivity index (χ0v) is 18.5. The Bertz CT molecular complexity index is 1170. The molecule has 1 aliphatic rings. The Morgan fingerprint density at radius 2 is 2.10 bits per heavy atom. The van der Waals surface area contributed by atoms with Crippen LogP contribution in [0, 0.1) is 5.92 Å². The second-order valence-corrected chi connectivity index (χ2v) is 8.54. The lowest BCUT2D eigenvalue weighted by atomic mass is 9.90. The normalized spacial score (nSPS) is 17.4. The monoisotopic (exact) mass is 440 g/mol. The largest absolute Gasteiger partial charge is 0.496 e. The van der Waals surface area contributed by atoms with Gasteiger partial charge in [0, 0.05) is 47.5 Å². The molecule has 1 aliphatic heterocycles. The molecule has 6 nitrogen and oxygen atoms in total. The van der Waals surface area contributed by atoms with Crippen molar-refractivity contribution in [3.05, 3.63) is 63.8 Å². The van der Waals surface area contributed by atoms with Crippen molar-refractivity contribution < 1.29 is 19.4 Å². The first kappa shape index (κ1) is 21.2. The highest BCUT2D eigenvalue weighted by molar-refractivity contribution is 6.32. The number of hydrogen-bond donors (Lipinski definition) is 2. The van der Waals surface area contributed by atoms with E-state index in [9.17, 15) is 14.7 Å². The van der Waals surface area contributed by atoms with Crippen LogP contribution in [0.5, 0.6) is 5.75 Å². The maximum Gasteiger partial charge on any atom is 0.335 e. The van der Waals surface area contributed by atoms with Gasteiger partial charge in [0.05, 0.1) is 12.7 Å². The number of hydrogen-bond acceptors (Lipinski definition) is 3. The molecule has 1 fully saturated rings. The molecule has 31 heavy (non-hydrogen) atoms. The Labute approximate surface area is 185 Å². The number of carboxylic acids is 1. The predicted molar refractivity (Wildman–Crippen MR) is 120 cm³/mol. The molecule has 0 bridgehead atoms. The van der Waals surface area contributed by atoms with Crippen molar-refractivity contribution in [2.45, 2.75) is 25.7 Å². The summed E-state index contributed by atoms with van der Waals surface area (Å²) in [6.45, 7) is 2.82. The van der Waals surface area contributed by atoms with Gasteiger partial charge in [0.15, 0.2) is 0 Å². The second-order valence-electron chi connectivity index (χ2n) is 8.17. The molecule has 0 saturated carbocycles. The fraction of sp³-hybridized carbons (Fsp3) is 0.333. The Kier molecular flexibility index (Phi) is 5.67. The summed E-state index contributed by atoms with van der Waals surface area (Å²) >= 11 is 6.60. The number of carboxylic acid groups (broad SMARTS) is 1. The molecule has 162 valence electrons. The number of nitrogens with zero attached hydrogens (tertiary/aromatic N) is 1. The van der Waals surface area contributed by atoms with Gasteiger partial charge >= 0.3 is 5.97 Å². The number of carbonyl (C=O) groups excluding carboxylic acids is 1.